The molecule has 19 heavy (non-hydrogen) atoms. The molecule has 0 heterocycles. The smallest absolute Gasteiger partial charge is 0.416 e. The Morgan fingerprint density at radius 3 is 2.00 bits per heavy atom. The topological polar surface area (TPSA) is 26.3 Å². The molecule has 2 aromatic rings. The summed E-state index contributed by atoms with van der Waals surface area (Å²) in [6.07, 6.45) is -4.40. The van der Waals surface area contributed by atoms with Crippen molar-refractivity contribution in [3.05, 3.63) is 65.7 Å². The average molecular weight is 266 g/mol. The third-order valence-corrected chi connectivity index (χ3v) is 2.40. The van der Waals surface area contributed by atoms with Gasteiger partial charge in [0.1, 0.15) is 5.75 Å². The monoisotopic (exact) mass is 266 g/mol. The number of esters is 1. The van der Waals surface area contributed by atoms with Crippen LogP contribution in [0, 0.1) is 0 Å². The summed E-state index contributed by atoms with van der Waals surface area (Å²) in [5.74, 6) is -0.540. The molecule has 5 heteroatoms. The van der Waals surface area contributed by atoms with Crippen LogP contribution in [0.4, 0.5) is 13.2 Å². The Bertz CT molecular complexity index is 559. The summed E-state index contributed by atoms with van der Waals surface area (Å²) in [6, 6.07) is 12.2. The summed E-state index contributed by atoms with van der Waals surface area (Å²) < 4.78 is 42.0. The Morgan fingerprint density at radius 1 is 0.895 bits per heavy atom. The van der Waals surface area contributed by atoms with E-state index in [4.69, 9.17) is 4.74 Å². The molecule has 2 nitrogen and oxygen atoms in total. The highest BCUT2D eigenvalue weighted by atomic mass is 19.4. The molecule has 0 unspecified atom stereocenters. The van der Waals surface area contributed by atoms with Crippen LogP contribution >= 0.6 is 0 Å². The van der Waals surface area contributed by atoms with Gasteiger partial charge in [-0.2, -0.15) is 13.2 Å². The largest absolute Gasteiger partial charge is 0.423 e. The van der Waals surface area contributed by atoms with Gasteiger partial charge in [0.2, 0.25) is 0 Å². The Kier molecular flexibility index (Phi) is 3.55. The molecule has 2 rings (SSSR count). The van der Waals surface area contributed by atoms with Gasteiger partial charge in [0.25, 0.3) is 0 Å². The van der Waals surface area contributed by atoms with Gasteiger partial charge in [-0.1, -0.05) is 18.2 Å². The lowest BCUT2D eigenvalue weighted by Crippen LogP contribution is -2.09. The van der Waals surface area contributed by atoms with Gasteiger partial charge in [-0.05, 0) is 36.4 Å². The molecular formula is C14H9F3O2. The molecule has 0 fully saturated rings. The van der Waals surface area contributed by atoms with Crippen LogP contribution in [0.3, 0.4) is 0 Å². The van der Waals surface area contributed by atoms with Gasteiger partial charge in [0, 0.05) is 0 Å². The maximum Gasteiger partial charge on any atom is 0.416 e. The molecule has 2 aromatic carbocycles. The third kappa shape index (κ3) is 3.34. The van der Waals surface area contributed by atoms with Crippen LogP contribution < -0.4 is 4.74 Å². The number of benzene rings is 2. The summed E-state index contributed by atoms with van der Waals surface area (Å²) >= 11 is 0. The first kappa shape index (κ1) is 13.1. The molecule has 0 bridgehead atoms. The van der Waals surface area contributed by atoms with E-state index in [-0.39, 0.29) is 5.75 Å². The third-order valence-electron chi connectivity index (χ3n) is 2.40. The fraction of sp³-hybridized carbons (Fsp3) is 0.0714. The maximum absolute atomic E-state index is 12.3. The van der Waals surface area contributed by atoms with Crippen molar-refractivity contribution < 1.29 is 22.7 Å². The van der Waals surface area contributed by atoms with E-state index in [0.29, 0.717) is 5.56 Å². The van der Waals surface area contributed by atoms with E-state index in [9.17, 15) is 18.0 Å². The van der Waals surface area contributed by atoms with Crippen LogP contribution in [-0.4, -0.2) is 5.97 Å². The maximum atomic E-state index is 12.3. The minimum Gasteiger partial charge on any atom is -0.423 e. The van der Waals surface area contributed by atoms with Gasteiger partial charge in [-0.25, -0.2) is 4.79 Å². The van der Waals surface area contributed by atoms with Crippen molar-refractivity contribution >= 4 is 5.97 Å². The van der Waals surface area contributed by atoms with Crippen LogP contribution in [0.25, 0.3) is 0 Å². The minimum absolute atomic E-state index is 0.0712. The van der Waals surface area contributed by atoms with Crippen molar-refractivity contribution in [2.24, 2.45) is 0 Å². The lowest BCUT2D eigenvalue weighted by Gasteiger charge is -2.08. The summed E-state index contributed by atoms with van der Waals surface area (Å²) in [5.41, 5.74) is -0.450. The van der Waals surface area contributed by atoms with E-state index >= 15 is 0 Å². The normalized spacial score (nSPS) is 11.1. The number of rotatable bonds is 2. The van der Waals surface area contributed by atoms with Crippen LogP contribution in [0.2, 0.25) is 0 Å². The predicted molar refractivity (Wildman–Crippen MR) is 62.8 cm³/mol. The SMILES string of the molecule is O=C(Oc1ccc(C(F)(F)F)cc1)c1ccccc1. The van der Waals surface area contributed by atoms with Crippen molar-refractivity contribution in [1.29, 1.82) is 0 Å². The Hall–Kier alpha value is -2.30. The van der Waals surface area contributed by atoms with Gasteiger partial charge >= 0.3 is 12.1 Å². The summed E-state index contributed by atoms with van der Waals surface area (Å²) in [6.45, 7) is 0. The number of carbonyl (C=O) groups excluding carboxylic acids is 1. The van der Waals surface area contributed by atoms with Gasteiger partial charge in [0.05, 0.1) is 11.1 Å². The molecule has 0 spiro atoms. The molecule has 0 aliphatic carbocycles. The van der Waals surface area contributed by atoms with E-state index in [1.54, 1.807) is 30.3 Å². The summed E-state index contributed by atoms with van der Waals surface area (Å²) in [7, 11) is 0. The Labute approximate surface area is 107 Å². The van der Waals surface area contributed by atoms with Crippen molar-refractivity contribution in [2.75, 3.05) is 0 Å². The predicted octanol–water partition coefficient (Wildman–Crippen LogP) is 3.92. The summed E-state index contributed by atoms with van der Waals surface area (Å²) in [5, 5.41) is 0. The quantitative estimate of drug-likeness (QED) is 0.608. The first-order valence-electron chi connectivity index (χ1n) is 5.41. The van der Waals surface area contributed by atoms with Crippen molar-refractivity contribution in [3.63, 3.8) is 0 Å². The number of hydrogen-bond acceptors (Lipinski definition) is 2. The van der Waals surface area contributed by atoms with E-state index < -0.39 is 17.7 Å². The second-order valence-corrected chi connectivity index (χ2v) is 3.78. The second kappa shape index (κ2) is 5.14. The zero-order valence-corrected chi connectivity index (χ0v) is 9.65. The highest BCUT2D eigenvalue weighted by molar-refractivity contribution is 5.90. The molecular weight excluding hydrogens is 257 g/mol. The molecule has 0 radical (unpaired) electrons. The molecule has 0 saturated heterocycles. The van der Waals surface area contributed by atoms with Gasteiger partial charge in [-0.3, -0.25) is 0 Å². The number of hydrogen-bond donors (Lipinski definition) is 0. The van der Waals surface area contributed by atoms with Gasteiger partial charge in [-0.15, -0.1) is 0 Å². The lowest BCUT2D eigenvalue weighted by molar-refractivity contribution is -0.137. The highest BCUT2D eigenvalue weighted by Gasteiger charge is 2.30. The van der Waals surface area contributed by atoms with E-state index in [0.717, 1.165) is 24.3 Å². The first-order valence-corrected chi connectivity index (χ1v) is 5.41. The molecule has 0 atom stereocenters. The highest BCUT2D eigenvalue weighted by Crippen LogP contribution is 2.30. The van der Waals surface area contributed by atoms with Crippen molar-refractivity contribution in [1.82, 2.24) is 0 Å². The second-order valence-electron chi connectivity index (χ2n) is 3.78. The van der Waals surface area contributed by atoms with E-state index in [1.807, 2.05) is 0 Å². The summed E-state index contributed by atoms with van der Waals surface area (Å²) in [4.78, 5) is 11.7. The molecule has 0 saturated carbocycles. The number of alkyl halides is 3. The van der Waals surface area contributed by atoms with Crippen LogP contribution in [0.15, 0.2) is 54.6 Å². The average Bonchev–Trinajstić information content (AvgIpc) is 2.39. The standard InChI is InChI=1S/C14H9F3O2/c15-14(16,17)11-6-8-12(9-7-11)19-13(18)10-4-2-1-3-5-10/h1-9H. The van der Waals surface area contributed by atoms with Crippen molar-refractivity contribution in [2.45, 2.75) is 6.18 Å². The molecule has 0 aromatic heterocycles. The van der Waals surface area contributed by atoms with Crippen LogP contribution in [0.1, 0.15) is 15.9 Å². The zero-order chi connectivity index (χ0) is 13.9. The number of carbonyl (C=O) groups is 1. The Morgan fingerprint density at radius 2 is 1.47 bits per heavy atom. The van der Waals surface area contributed by atoms with Crippen LogP contribution in [-0.2, 0) is 6.18 Å². The van der Waals surface area contributed by atoms with Crippen LogP contribution in [0.5, 0.6) is 5.75 Å². The molecule has 0 N–H and O–H groups in total. The van der Waals surface area contributed by atoms with Gasteiger partial charge in [0.15, 0.2) is 0 Å². The lowest BCUT2D eigenvalue weighted by atomic mass is 10.2. The van der Waals surface area contributed by atoms with E-state index in [1.165, 1.54) is 0 Å². The molecule has 0 amide bonds. The minimum atomic E-state index is -4.40. The first-order chi connectivity index (χ1) is 8.97. The Balaban J connectivity index is 2.10. The molecule has 0 aliphatic heterocycles. The fourth-order valence-electron chi connectivity index (χ4n) is 1.45. The number of halogens is 3. The number of ether oxygens (including phenoxy) is 1. The van der Waals surface area contributed by atoms with Gasteiger partial charge < -0.3 is 4.74 Å². The van der Waals surface area contributed by atoms with Crippen molar-refractivity contribution in [3.8, 4) is 5.75 Å². The molecule has 0 aliphatic rings. The fourth-order valence-corrected chi connectivity index (χ4v) is 1.45. The molecule has 98 valence electrons. The van der Waals surface area contributed by atoms with E-state index in [2.05, 4.69) is 0 Å². The zero-order valence-electron chi connectivity index (χ0n) is 9.65.